The molecule has 74 valence electrons. The maximum Gasteiger partial charge on any atom is 0.131 e. The summed E-state index contributed by atoms with van der Waals surface area (Å²) in [5.41, 5.74) is 9.66. The van der Waals surface area contributed by atoms with Gasteiger partial charge in [0, 0.05) is 4.91 Å². The molecule has 0 fully saturated rings. The number of methoxy groups -OCH3 is 2. The molecule has 0 aliphatic carbocycles. The minimum atomic E-state index is 0.437. The van der Waals surface area contributed by atoms with Crippen molar-refractivity contribution in [2.75, 3.05) is 14.2 Å². The van der Waals surface area contributed by atoms with Crippen LogP contribution in [0.5, 0.6) is 11.5 Å². The van der Waals surface area contributed by atoms with Crippen LogP contribution >= 0.6 is 0 Å². The van der Waals surface area contributed by atoms with E-state index >= 15 is 0 Å². The van der Waals surface area contributed by atoms with Crippen molar-refractivity contribution < 1.29 is 9.47 Å². The van der Waals surface area contributed by atoms with Crippen LogP contribution in [-0.2, 0) is 0 Å². The average Bonchev–Trinajstić information content (AvgIpc) is 2.18. The summed E-state index contributed by atoms with van der Waals surface area (Å²) in [4.78, 5) is 2.72. The Morgan fingerprint density at radius 1 is 1.29 bits per heavy atom. The molecule has 0 aliphatic heterocycles. The normalized spacial score (nSPS) is 9.07. The van der Waals surface area contributed by atoms with Gasteiger partial charge in [0.05, 0.1) is 19.9 Å². The lowest BCUT2D eigenvalue weighted by atomic mass is 10.2. The van der Waals surface area contributed by atoms with Crippen LogP contribution in [0.2, 0.25) is 0 Å². The molecule has 0 amide bonds. The van der Waals surface area contributed by atoms with E-state index in [1.807, 2.05) is 13.0 Å². The van der Waals surface area contributed by atoms with E-state index in [1.165, 1.54) is 7.11 Å². The van der Waals surface area contributed by atoms with Gasteiger partial charge in [-0.25, -0.2) is 0 Å². The van der Waals surface area contributed by atoms with Crippen molar-refractivity contribution in [2.24, 2.45) is 5.11 Å². The van der Waals surface area contributed by atoms with Gasteiger partial charge in [0.2, 0.25) is 0 Å². The first kappa shape index (κ1) is 10.2. The first-order chi connectivity index (χ1) is 6.72. The highest BCUT2D eigenvalue weighted by atomic mass is 16.5. The maximum absolute atomic E-state index is 8.36. The molecule has 5 heteroatoms. The number of aryl methyl sites for hydroxylation is 1. The zero-order valence-corrected chi connectivity index (χ0v) is 8.31. The smallest absolute Gasteiger partial charge is 0.131 e. The summed E-state index contributed by atoms with van der Waals surface area (Å²) in [6.45, 7) is 1.86. The number of nitrogens with zero attached hydrogens (tertiary/aromatic N) is 3. The third-order valence-corrected chi connectivity index (χ3v) is 1.82. The van der Waals surface area contributed by atoms with E-state index in [0.717, 1.165) is 5.56 Å². The Morgan fingerprint density at radius 2 is 2.00 bits per heavy atom. The molecular formula is C9H11N3O2. The Labute approximate surface area is 81.9 Å². The first-order valence-corrected chi connectivity index (χ1v) is 4.00. The molecule has 0 heterocycles. The SMILES string of the molecule is COc1cc(C)c(OC)c(N=[N+]=[N-])c1. The topological polar surface area (TPSA) is 67.2 Å². The van der Waals surface area contributed by atoms with E-state index in [-0.39, 0.29) is 0 Å². The van der Waals surface area contributed by atoms with Gasteiger partial charge in [-0.2, -0.15) is 0 Å². The summed E-state index contributed by atoms with van der Waals surface area (Å²) in [7, 11) is 3.09. The van der Waals surface area contributed by atoms with Crippen LogP contribution in [0.15, 0.2) is 17.2 Å². The molecule has 0 bridgehead atoms. The molecule has 0 aliphatic rings. The van der Waals surface area contributed by atoms with Crippen LogP contribution < -0.4 is 9.47 Å². The van der Waals surface area contributed by atoms with E-state index < -0.39 is 0 Å². The Morgan fingerprint density at radius 3 is 2.50 bits per heavy atom. The van der Waals surface area contributed by atoms with Crippen molar-refractivity contribution in [1.29, 1.82) is 0 Å². The summed E-state index contributed by atoms with van der Waals surface area (Å²) in [6, 6.07) is 3.45. The highest BCUT2D eigenvalue weighted by Crippen LogP contribution is 2.35. The molecule has 0 spiro atoms. The fourth-order valence-corrected chi connectivity index (χ4v) is 1.23. The number of hydrogen-bond donors (Lipinski definition) is 0. The Kier molecular flexibility index (Phi) is 3.20. The summed E-state index contributed by atoms with van der Waals surface area (Å²) in [5.74, 6) is 1.22. The summed E-state index contributed by atoms with van der Waals surface area (Å²) in [6.07, 6.45) is 0. The van der Waals surface area contributed by atoms with Crippen molar-refractivity contribution in [1.82, 2.24) is 0 Å². The summed E-state index contributed by atoms with van der Waals surface area (Å²) < 4.78 is 10.2. The summed E-state index contributed by atoms with van der Waals surface area (Å²) >= 11 is 0. The zero-order chi connectivity index (χ0) is 10.6. The minimum absolute atomic E-state index is 0.437. The molecule has 0 atom stereocenters. The van der Waals surface area contributed by atoms with Crippen LogP contribution in [0.3, 0.4) is 0 Å². The molecule has 1 aromatic carbocycles. The molecule has 14 heavy (non-hydrogen) atoms. The van der Waals surface area contributed by atoms with Crippen molar-refractivity contribution in [3.63, 3.8) is 0 Å². The van der Waals surface area contributed by atoms with E-state index in [2.05, 4.69) is 10.0 Å². The second kappa shape index (κ2) is 4.39. The van der Waals surface area contributed by atoms with Gasteiger partial charge < -0.3 is 9.47 Å². The third kappa shape index (κ3) is 1.89. The molecule has 0 unspecified atom stereocenters. The van der Waals surface area contributed by atoms with Gasteiger partial charge in [0.15, 0.2) is 0 Å². The van der Waals surface area contributed by atoms with E-state index in [4.69, 9.17) is 15.0 Å². The molecule has 0 saturated carbocycles. The van der Waals surface area contributed by atoms with Crippen LogP contribution in [-0.4, -0.2) is 14.2 Å². The van der Waals surface area contributed by atoms with Crippen LogP contribution in [0.4, 0.5) is 5.69 Å². The van der Waals surface area contributed by atoms with Gasteiger partial charge in [-0.05, 0) is 30.2 Å². The predicted molar refractivity (Wildman–Crippen MR) is 53.1 cm³/mol. The van der Waals surface area contributed by atoms with Gasteiger partial charge in [-0.15, -0.1) is 0 Å². The van der Waals surface area contributed by atoms with Crippen LogP contribution in [0.1, 0.15) is 5.56 Å². The molecule has 0 aromatic heterocycles. The molecule has 1 aromatic rings. The van der Waals surface area contributed by atoms with Gasteiger partial charge >= 0.3 is 0 Å². The Bertz CT molecular complexity index is 384. The Hall–Kier alpha value is -1.87. The zero-order valence-electron chi connectivity index (χ0n) is 8.31. The van der Waals surface area contributed by atoms with E-state index in [1.54, 1.807) is 13.2 Å². The third-order valence-electron chi connectivity index (χ3n) is 1.82. The lowest BCUT2D eigenvalue weighted by molar-refractivity contribution is 0.401. The monoisotopic (exact) mass is 193 g/mol. The fourth-order valence-electron chi connectivity index (χ4n) is 1.23. The van der Waals surface area contributed by atoms with E-state index in [0.29, 0.717) is 17.2 Å². The first-order valence-electron chi connectivity index (χ1n) is 4.00. The number of benzene rings is 1. The molecular weight excluding hydrogens is 182 g/mol. The van der Waals surface area contributed by atoms with Crippen molar-refractivity contribution in [3.8, 4) is 11.5 Å². The van der Waals surface area contributed by atoms with Crippen molar-refractivity contribution in [2.45, 2.75) is 6.92 Å². The molecule has 0 saturated heterocycles. The highest BCUT2D eigenvalue weighted by molar-refractivity contribution is 5.59. The van der Waals surface area contributed by atoms with Crippen LogP contribution in [0, 0.1) is 6.92 Å². The second-order valence-corrected chi connectivity index (χ2v) is 2.69. The average molecular weight is 193 g/mol. The summed E-state index contributed by atoms with van der Waals surface area (Å²) in [5, 5.41) is 3.52. The van der Waals surface area contributed by atoms with Crippen molar-refractivity contribution >= 4 is 5.69 Å². The van der Waals surface area contributed by atoms with Crippen LogP contribution in [0.25, 0.3) is 10.4 Å². The van der Waals surface area contributed by atoms with Crippen molar-refractivity contribution in [3.05, 3.63) is 28.1 Å². The van der Waals surface area contributed by atoms with Gasteiger partial charge in [0.1, 0.15) is 11.5 Å². The standard InChI is InChI=1S/C9H11N3O2/c1-6-4-7(13-2)5-8(11-12-10)9(6)14-3/h4-5H,1-3H3. The predicted octanol–water partition coefficient (Wildman–Crippen LogP) is 2.95. The van der Waals surface area contributed by atoms with Gasteiger partial charge in [0.25, 0.3) is 0 Å². The minimum Gasteiger partial charge on any atom is -0.497 e. The van der Waals surface area contributed by atoms with Gasteiger partial charge in [-0.3, -0.25) is 0 Å². The lowest BCUT2D eigenvalue weighted by Crippen LogP contribution is -1.90. The van der Waals surface area contributed by atoms with E-state index in [9.17, 15) is 0 Å². The molecule has 0 N–H and O–H groups in total. The number of ether oxygens (including phenoxy) is 2. The largest absolute Gasteiger partial charge is 0.497 e. The maximum atomic E-state index is 8.36. The second-order valence-electron chi connectivity index (χ2n) is 2.69. The number of hydrogen-bond acceptors (Lipinski definition) is 3. The number of azide groups is 1. The number of rotatable bonds is 3. The highest BCUT2D eigenvalue weighted by Gasteiger charge is 2.07. The fraction of sp³-hybridized carbons (Fsp3) is 0.333. The quantitative estimate of drug-likeness (QED) is 0.420. The lowest BCUT2D eigenvalue weighted by Gasteiger charge is -2.09. The Balaban J connectivity index is 3.34. The van der Waals surface area contributed by atoms with Gasteiger partial charge in [-0.1, -0.05) is 5.11 Å². The molecule has 0 radical (unpaired) electrons. The molecule has 1 rings (SSSR count). The molecule has 5 nitrogen and oxygen atoms in total.